The number of fused-ring (bicyclic) bond motifs is 1. The van der Waals surface area contributed by atoms with Crippen molar-refractivity contribution in [1.82, 2.24) is 0 Å². The number of aliphatic hydroxyl groups excluding tert-OH is 1. The third-order valence-electron chi connectivity index (χ3n) is 8.60. The van der Waals surface area contributed by atoms with Crippen LogP contribution in [0, 0.1) is 6.07 Å². The van der Waals surface area contributed by atoms with Crippen molar-refractivity contribution in [3.05, 3.63) is 211 Å². The fourth-order valence-electron chi connectivity index (χ4n) is 6.01. The van der Waals surface area contributed by atoms with Crippen LogP contribution in [-0.2, 0) is 16.5 Å². The number of rotatable bonds is 8. The Kier molecular flexibility index (Phi) is 16.5. The van der Waals surface area contributed by atoms with Crippen molar-refractivity contribution in [3.63, 3.8) is 0 Å². The molecular formula is C49H48NNiOP. The summed E-state index contributed by atoms with van der Waals surface area (Å²) in [5.41, 5.74) is 4.27. The van der Waals surface area contributed by atoms with Gasteiger partial charge < -0.3 is 5.11 Å². The number of nitrogens with zero attached hydrogens (tertiary/aromatic N) is 1. The standard InChI is InChI=1S/C25H27NO.C18H15P.C6H5.Ni/c1-17(2)21-13-8-14-22(18(3)4)25(21)26-24(27)16-15-20-11-7-10-19-9-5-6-12-23(19)20;1-4-10-16(11-5-1)19(17-12-6-2-7-13-17)18-14-8-3-9-15-18;1-2-4-6-5-3-1;/h5-18H,1-4H3,(H,26,27);1-15H;1-5H;/q;;-1;/p+1/b16-15+;;;. The van der Waals surface area contributed by atoms with Gasteiger partial charge in [0.15, 0.2) is 0 Å². The predicted molar refractivity (Wildman–Crippen MR) is 229 cm³/mol. The molecule has 270 valence electrons. The third kappa shape index (κ3) is 12.0. The van der Waals surface area contributed by atoms with Crippen molar-refractivity contribution in [2.45, 2.75) is 39.5 Å². The average molecular weight is 757 g/mol. The molecule has 53 heavy (non-hydrogen) atoms. The summed E-state index contributed by atoms with van der Waals surface area (Å²) < 4.78 is 0. The van der Waals surface area contributed by atoms with E-state index in [1.165, 1.54) is 21.3 Å². The molecule has 0 unspecified atom stereocenters. The zero-order valence-electron chi connectivity index (χ0n) is 30.8. The van der Waals surface area contributed by atoms with Crippen LogP contribution in [0.4, 0.5) is 5.69 Å². The van der Waals surface area contributed by atoms with E-state index in [1.807, 2.05) is 60.7 Å². The van der Waals surface area contributed by atoms with Crippen molar-refractivity contribution in [2.75, 3.05) is 0 Å². The molecule has 0 aliphatic heterocycles. The summed E-state index contributed by atoms with van der Waals surface area (Å²) in [6.07, 6.45) is 3.61. The van der Waals surface area contributed by atoms with E-state index in [0.29, 0.717) is 11.8 Å². The predicted octanol–water partition coefficient (Wildman–Crippen LogP) is 12.0. The first kappa shape index (κ1) is 40.7. The molecular weight excluding hydrogens is 708 g/mol. The molecule has 4 heteroatoms. The molecule has 0 spiro atoms. The number of aliphatic hydroxyl groups is 1. The van der Waals surface area contributed by atoms with Gasteiger partial charge in [0.05, 0.1) is 13.6 Å². The quantitative estimate of drug-likeness (QED) is 0.0541. The van der Waals surface area contributed by atoms with Gasteiger partial charge in [-0.25, -0.2) is 4.99 Å². The zero-order chi connectivity index (χ0) is 36.5. The molecule has 0 saturated heterocycles. The summed E-state index contributed by atoms with van der Waals surface area (Å²) in [5.74, 6) is 0.715. The smallest absolute Gasteiger partial charge is 0.211 e. The number of benzene rings is 7. The summed E-state index contributed by atoms with van der Waals surface area (Å²) in [6, 6.07) is 65.7. The molecule has 0 fully saturated rings. The van der Waals surface area contributed by atoms with E-state index in [1.54, 1.807) is 6.08 Å². The monoisotopic (exact) mass is 755 g/mol. The van der Waals surface area contributed by atoms with Gasteiger partial charge in [0, 0.05) is 22.6 Å². The van der Waals surface area contributed by atoms with Crippen LogP contribution in [0.1, 0.15) is 56.2 Å². The van der Waals surface area contributed by atoms with E-state index >= 15 is 0 Å². The minimum atomic E-state index is -0.877. The first-order chi connectivity index (χ1) is 25.4. The van der Waals surface area contributed by atoms with Gasteiger partial charge in [-0.15, -0.1) is 0 Å². The normalized spacial score (nSPS) is 11.1. The van der Waals surface area contributed by atoms with Gasteiger partial charge in [0.1, 0.15) is 15.9 Å². The fraction of sp³-hybridized carbons (Fsp3) is 0.122. The first-order valence-corrected chi connectivity index (χ1v) is 19.4. The molecule has 0 bridgehead atoms. The second kappa shape index (κ2) is 21.5. The summed E-state index contributed by atoms with van der Waals surface area (Å²) in [4.78, 5) is 4.58. The van der Waals surface area contributed by atoms with Gasteiger partial charge in [-0.3, -0.25) is 0 Å². The molecule has 0 aromatic heterocycles. The van der Waals surface area contributed by atoms with Gasteiger partial charge in [-0.1, -0.05) is 143 Å². The maximum Gasteiger partial charge on any atom is 0.211 e. The Morgan fingerprint density at radius 2 is 0.981 bits per heavy atom. The maximum atomic E-state index is 10.5. The van der Waals surface area contributed by atoms with Gasteiger partial charge in [0.25, 0.3) is 0 Å². The van der Waals surface area contributed by atoms with Crippen LogP contribution >= 0.6 is 7.92 Å². The Labute approximate surface area is 327 Å². The van der Waals surface area contributed by atoms with Gasteiger partial charge in [-0.2, -0.15) is 36.4 Å². The number of aliphatic imine (C=N–C) groups is 1. The first-order valence-electron chi connectivity index (χ1n) is 17.9. The Morgan fingerprint density at radius 3 is 1.43 bits per heavy atom. The number of hydrogen-bond acceptors (Lipinski definition) is 1. The van der Waals surface area contributed by atoms with Crippen LogP contribution in [0.25, 0.3) is 16.8 Å². The molecule has 1 N–H and O–H groups in total. The van der Waals surface area contributed by atoms with Crippen LogP contribution in [0.3, 0.4) is 0 Å². The summed E-state index contributed by atoms with van der Waals surface area (Å²) in [6.45, 7) is 8.62. The molecule has 0 amide bonds. The summed E-state index contributed by atoms with van der Waals surface area (Å²) >= 11 is 0. The molecule has 0 radical (unpaired) electrons. The minimum absolute atomic E-state index is 0. The molecule has 0 saturated carbocycles. The molecule has 7 rings (SSSR count). The maximum absolute atomic E-state index is 10.5. The van der Waals surface area contributed by atoms with Crippen LogP contribution in [0.15, 0.2) is 193 Å². The fourth-order valence-corrected chi connectivity index (χ4v) is 8.59. The molecule has 0 atom stereocenters. The summed E-state index contributed by atoms with van der Waals surface area (Å²) in [7, 11) is -0.877. The average Bonchev–Trinajstić information content (AvgIpc) is 3.19. The Morgan fingerprint density at radius 1 is 0.547 bits per heavy atom. The molecule has 2 nitrogen and oxygen atoms in total. The van der Waals surface area contributed by atoms with Crippen molar-refractivity contribution < 1.29 is 21.6 Å². The van der Waals surface area contributed by atoms with Crippen LogP contribution in [0.5, 0.6) is 0 Å². The van der Waals surface area contributed by atoms with Crippen LogP contribution in [-0.4, -0.2) is 11.0 Å². The van der Waals surface area contributed by atoms with E-state index in [2.05, 4.69) is 166 Å². The minimum Gasteiger partial charge on any atom is -0.493 e. The van der Waals surface area contributed by atoms with Crippen molar-refractivity contribution in [2.24, 2.45) is 4.99 Å². The van der Waals surface area contributed by atoms with Crippen molar-refractivity contribution in [1.29, 1.82) is 0 Å². The second-order valence-electron chi connectivity index (χ2n) is 13.0. The molecule has 0 heterocycles. The third-order valence-corrected chi connectivity index (χ3v) is 11.3. The Hall–Kier alpha value is -5.07. The van der Waals surface area contributed by atoms with E-state index in [0.717, 1.165) is 27.8 Å². The topological polar surface area (TPSA) is 32.6 Å². The van der Waals surface area contributed by atoms with Gasteiger partial charge in [0.2, 0.25) is 5.90 Å². The Bertz CT molecular complexity index is 2000. The van der Waals surface area contributed by atoms with Crippen LogP contribution < -0.4 is 15.9 Å². The van der Waals surface area contributed by atoms with E-state index in [-0.39, 0.29) is 22.4 Å². The van der Waals surface area contributed by atoms with Crippen LogP contribution in [0.2, 0.25) is 0 Å². The molecule has 0 aliphatic rings. The summed E-state index contributed by atoms with van der Waals surface area (Å²) in [5, 5.41) is 17.2. The van der Waals surface area contributed by atoms with Crippen molar-refractivity contribution in [3.8, 4) is 0 Å². The second-order valence-corrected chi connectivity index (χ2v) is 15.5. The molecule has 7 aromatic rings. The van der Waals surface area contributed by atoms with Gasteiger partial charge >= 0.3 is 0 Å². The number of hydrogen-bond donors (Lipinski definition) is 1. The van der Waals surface area contributed by atoms with Gasteiger partial charge in [-0.05, 0) is 81.8 Å². The van der Waals surface area contributed by atoms with E-state index in [9.17, 15) is 5.11 Å². The SMILES string of the molecule is CC(C)c1cccc(C(C)C)c1N=C(O)/C=C/c1cccc2ccccc12.[Ni].[c-]1ccccc1.c1ccc([PH+](c2ccccc2)c2ccccc2)cc1. The largest absolute Gasteiger partial charge is 0.493 e. The van der Waals surface area contributed by atoms with E-state index in [4.69, 9.17) is 0 Å². The zero-order valence-corrected chi connectivity index (χ0v) is 32.8. The van der Waals surface area contributed by atoms with E-state index < -0.39 is 7.92 Å². The Balaban J connectivity index is 0.000000208. The molecule has 0 aliphatic carbocycles. The molecule has 7 aromatic carbocycles. The number of para-hydroxylation sites is 1. The van der Waals surface area contributed by atoms with Crippen molar-refractivity contribution >= 4 is 52.3 Å².